The van der Waals surface area contributed by atoms with Gasteiger partial charge in [-0.2, -0.15) is 8.62 Å². The molecule has 1 aliphatic heterocycles. The highest BCUT2D eigenvalue weighted by Gasteiger charge is 2.45. The van der Waals surface area contributed by atoms with Crippen LogP contribution in [0.2, 0.25) is 0 Å². The van der Waals surface area contributed by atoms with Gasteiger partial charge in [0, 0.05) is 22.4 Å². The van der Waals surface area contributed by atoms with Crippen LogP contribution in [0.4, 0.5) is 5.82 Å². The van der Waals surface area contributed by atoms with Gasteiger partial charge in [-0.15, -0.1) is 0 Å². The third-order valence-electron chi connectivity index (χ3n) is 4.68. The van der Waals surface area contributed by atoms with Crippen LogP contribution in [0.15, 0.2) is 28.8 Å². The summed E-state index contributed by atoms with van der Waals surface area (Å²) >= 11 is 0. The summed E-state index contributed by atoms with van der Waals surface area (Å²) in [6, 6.07) is 1.59. The van der Waals surface area contributed by atoms with Gasteiger partial charge in [0.25, 0.3) is 0 Å². The van der Waals surface area contributed by atoms with Gasteiger partial charge in [0.15, 0.2) is 0 Å². The van der Waals surface area contributed by atoms with Crippen LogP contribution in [-0.4, -0.2) is 58.8 Å². The van der Waals surface area contributed by atoms with E-state index in [4.69, 9.17) is 36.1 Å². The fourth-order valence-corrected chi connectivity index (χ4v) is 6.39. The van der Waals surface area contributed by atoms with E-state index in [0.29, 0.717) is 11.0 Å². The molecule has 208 valence electrons. The first-order chi connectivity index (χ1) is 17.6. The Morgan fingerprint density at radius 1 is 1.18 bits per heavy atom. The lowest BCUT2D eigenvalue weighted by atomic mass is 10.2. The number of nitrogen functional groups attached to an aromatic ring is 1. The molecule has 2 aromatic heterocycles. The van der Waals surface area contributed by atoms with Crippen molar-refractivity contribution in [3.63, 3.8) is 0 Å². The van der Waals surface area contributed by atoms with Crippen LogP contribution in [0.5, 0.6) is 0 Å². The maximum Gasteiger partial charge on any atom is 0.490 e. The van der Waals surface area contributed by atoms with Crippen molar-refractivity contribution in [3.05, 3.63) is 39.5 Å². The molecule has 1 saturated heterocycles. The van der Waals surface area contributed by atoms with Crippen molar-refractivity contribution < 1.29 is 55.9 Å². The summed E-state index contributed by atoms with van der Waals surface area (Å²) in [6.07, 6.45) is -0.738. The number of rotatable bonds is 12. The molecule has 3 rings (SSSR count). The Kier molecular flexibility index (Phi) is 8.84. The number of phosphoric acid groups is 3. The van der Waals surface area contributed by atoms with Crippen molar-refractivity contribution in [3.8, 4) is 0 Å². The third kappa shape index (κ3) is 7.70. The SMILES string of the molecule is CC(N=[N+]=[N-])(N=[N+]=[N-])O[C@@H]1C[C@H](n2ccc3c(N)ncnc32)O[C@@H]1COP(=O)(O)OP(=O)(O)OP(=O)(O)O. The van der Waals surface area contributed by atoms with Crippen LogP contribution >= 0.6 is 23.5 Å². The fraction of sp³-hybridized carbons (Fsp3) is 0.538. The molecule has 2 aromatic rings. The predicted octanol–water partition coefficient (Wildman–Crippen LogP) is 2.32. The largest absolute Gasteiger partial charge is 0.490 e. The van der Waals surface area contributed by atoms with E-state index in [-0.39, 0.29) is 12.2 Å². The zero-order valence-corrected chi connectivity index (χ0v) is 21.6. The minimum absolute atomic E-state index is 0.0738. The third-order valence-corrected chi connectivity index (χ3v) is 8.49. The Bertz CT molecular complexity index is 1420. The molecule has 38 heavy (non-hydrogen) atoms. The molecule has 1 fully saturated rings. The summed E-state index contributed by atoms with van der Waals surface area (Å²) in [6.45, 7) is 0.224. The highest BCUT2D eigenvalue weighted by molar-refractivity contribution is 7.66. The maximum atomic E-state index is 12.2. The van der Waals surface area contributed by atoms with E-state index in [2.05, 4.69) is 43.2 Å². The van der Waals surface area contributed by atoms with Crippen molar-refractivity contribution in [2.24, 2.45) is 10.2 Å². The molecule has 1 aliphatic rings. The monoisotopic (exact) mass is 600 g/mol. The number of aromatic nitrogens is 3. The standard InChI is InChI=1S/C13H19N10O12P3/c1-13(19-21-15,20-22-16)33-8-4-10(23-3-2-7-11(14)17-6-18-12(7)23)32-9(8)5-31-37(27,28)35-38(29,30)34-36(24,25)26/h2-3,6,8-10H,4-5H2,1H3,(H,27,28)(H,29,30)(H2,14,17,18)(H2,24,25,26)/t8-,9-,10-/m1/s1. The van der Waals surface area contributed by atoms with Crippen molar-refractivity contribution >= 4 is 40.3 Å². The maximum absolute atomic E-state index is 12.2. The van der Waals surface area contributed by atoms with E-state index in [1.54, 1.807) is 12.3 Å². The first-order valence-corrected chi connectivity index (χ1v) is 14.4. The molecule has 5 atom stereocenters. The van der Waals surface area contributed by atoms with Crippen LogP contribution in [0.3, 0.4) is 0 Å². The van der Waals surface area contributed by atoms with Gasteiger partial charge < -0.3 is 39.3 Å². The van der Waals surface area contributed by atoms with Gasteiger partial charge in [-0.1, -0.05) is 10.2 Å². The van der Waals surface area contributed by atoms with Crippen LogP contribution in [0.25, 0.3) is 31.9 Å². The minimum atomic E-state index is -5.76. The highest BCUT2D eigenvalue weighted by Crippen LogP contribution is 2.66. The molecule has 2 unspecified atom stereocenters. The van der Waals surface area contributed by atoms with E-state index in [9.17, 15) is 23.5 Å². The van der Waals surface area contributed by atoms with E-state index in [0.717, 1.165) is 6.92 Å². The molecular weight excluding hydrogens is 581 g/mol. The Morgan fingerprint density at radius 3 is 2.45 bits per heavy atom. The highest BCUT2D eigenvalue weighted by atomic mass is 31.3. The van der Waals surface area contributed by atoms with Crippen LogP contribution < -0.4 is 5.73 Å². The molecule has 0 bridgehead atoms. The molecule has 3 heterocycles. The number of nitrogens with two attached hydrogens (primary N) is 1. The summed E-state index contributed by atoms with van der Waals surface area (Å²) in [5.41, 5.74) is 23.8. The Morgan fingerprint density at radius 2 is 1.84 bits per heavy atom. The van der Waals surface area contributed by atoms with E-state index >= 15 is 0 Å². The number of ether oxygens (including phenoxy) is 2. The van der Waals surface area contributed by atoms with Gasteiger partial charge in [0.1, 0.15) is 30.1 Å². The van der Waals surface area contributed by atoms with Gasteiger partial charge in [0.05, 0.1) is 18.1 Å². The quantitative estimate of drug-likeness (QED) is 0.101. The second-order valence-electron chi connectivity index (χ2n) is 7.44. The minimum Gasteiger partial charge on any atom is -0.383 e. The summed E-state index contributed by atoms with van der Waals surface area (Å²) in [5.74, 6) is -1.95. The second kappa shape index (κ2) is 11.2. The summed E-state index contributed by atoms with van der Waals surface area (Å²) in [5, 5.41) is 7.06. The molecule has 0 amide bonds. The molecule has 22 nitrogen and oxygen atoms in total. The number of nitrogens with zero attached hydrogens (tertiary/aromatic N) is 9. The van der Waals surface area contributed by atoms with Gasteiger partial charge in [-0.05, 0) is 24.1 Å². The summed E-state index contributed by atoms with van der Waals surface area (Å²) < 4.78 is 59.5. The summed E-state index contributed by atoms with van der Waals surface area (Å²) in [4.78, 5) is 49.5. The molecule has 0 spiro atoms. The lowest BCUT2D eigenvalue weighted by Gasteiger charge is -2.26. The first kappa shape index (κ1) is 29.9. The van der Waals surface area contributed by atoms with Crippen molar-refractivity contribution in [1.82, 2.24) is 14.5 Å². The van der Waals surface area contributed by atoms with Gasteiger partial charge in [0.2, 0.25) is 5.85 Å². The smallest absolute Gasteiger partial charge is 0.383 e. The van der Waals surface area contributed by atoms with Crippen molar-refractivity contribution in [1.29, 1.82) is 0 Å². The molecule has 0 aliphatic carbocycles. The van der Waals surface area contributed by atoms with E-state index in [1.807, 2.05) is 0 Å². The van der Waals surface area contributed by atoms with Crippen molar-refractivity contribution in [2.45, 2.75) is 37.6 Å². The lowest BCUT2D eigenvalue weighted by Crippen LogP contribution is -2.36. The Balaban J connectivity index is 1.85. The summed E-state index contributed by atoms with van der Waals surface area (Å²) in [7, 11) is -16.9. The molecule has 0 radical (unpaired) electrons. The zero-order valence-electron chi connectivity index (χ0n) is 18.9. The normalized spacial score (nSPS) is 24.5. The first-order valence-electron chi connectivity index (χ1n) is 9.88. The molecule has 25 heteroatoms. The molecule has 6 N–H and O–H groups in total. The lowest BCUT2D eigenvalue weighted by molar-refractivity contribution is -0.113. The van der Waals surface area contributed by atoms with Crippen molar-refractivity contribution in [2.75, 3.05) is 12.3 Å². The van der Waals surface area contributed by atoms with Gasteiger partial charge in [-0.3, -0.25) is 4.52 Å². The number of hydrogen-bond donors (Lipinski definition) is 5. The molecule has 0 saturated carbocycles. The van der Waals surface area contributed by atoms with Crippen LogP contribution in [0, 0.1) is 0 Å². The predicted molar refractivity (Wildman–Crippen MR) is 122 cm³/mol. The van der Waals surface area contributed by atoms with Crippen LogP contribution in [-0.2, 0) is 36.3 Å². The number of azide groups is 1. The fourth-order valence-electron chi connectivity index (χ4n) is 3.36. The molecule has 0 aromatic carbocycles. The Labute approximate surface area is 211 Å². The number of phosphoric ester groups is 1. The van der Waals surface area contributed by atoms with Gasteiger partial charge >= 0.3 is 23.5 Å². The number of hydrogen-bond acceptors (Lipinski definition) is 13. The van der Waals surface area contributed by atoms with Crippen LogP contribution in [0.1, 0.15) is 19.6 Å². The second-order valence-corrected chi connectivity index (χ2v) is 11.9. The van der Waals surface area contributed by atoms with E-state index in [1.165, 1.54) is 10.9 Å². The average Bonchev–Trinajstić information content (AvgIpc) is 3.34. The average molecular weight is 600 g/mol. The van der Waals surface area contributed by atoms with E-state index < -0.39 is 54.4 Å². The number of anilines is 1. The Hall–Kier alpha value is -2.63. The number of fused-ring (bicyclic) bond motifs is 1. The topological polar surface area (TPSA) is 333 Å². The zero-order chi connectivity index (χ0) is 28.4. The molecular formula is C13H19N10O12P3. The van der Waals surface area contributed by atoms with Gasteiger partial charge in [-0.25, -0.2) is 23.7 Å².